The van der Waals surface area contributed by atoms with E-state index in [0.29, 0.717) is 12.4 Å². The van der Waals surface area contributed by atoms with E-state index in [-0.39, 0.29) is 12.0 Å². The maximum atomic E-state index is 11.8. The van der Waals surface area contributed by atoms with Gasteiger partial charge in [0.05, 0.1) is 6.21 Å². The van der Waals surface area contributed by atoms with Crippen LogP contribution in [0.4, 0.5) is 4.79 Å². The number of carbonyl (C=O) groups excluding carboxylic acids is 2. The number of amides is 2. The lowest BCUT2D eigenvalue weighted by molar-refractivity contribution is -0.122. The zero-order chi connectivity index (χ0) is 19.8. The lowest BCUT2D eigenvalue weighted by Gasteiger charge is -2.40. The first-order valence-corrected chi connectivity index (χ1v) is 8.67. The number of nitrogens with two attached hydrogens (primary N) is 1. The number of hydrogen-bond donors (Lipinski definition) is 2. The average molecular weight is 369 g/mol. The van der Waals surface area contributed by atoms with Gasteiger partial charge < -0.3 is 25.5 Å². The molecule has 0 spiro atoms. The molecule has 2 amide bonds. The van der Waals surface area contributed by atoms with Crippen LogP contribution in [0, 0.1) is 5.41 Å². The van der Waals surface area contributed by atoms with Gasteiger partial charge in [-0.25, -0.2) is 4.79 Å². The summed E-state index contributed by atoms with van der Waals surface area (Å²) >= 11 is 0. The molecule has 1 fully saturated rings. The highest BCUT2D eigenvalue weighted by Crippen LogP contribution is 2.30. The number of rotatable bonds is 6. The molecule has 9 nitrogen and oxygen atoms in total. The lowest BCUT2D eigenvalue weighted by atomic mass is 9.80. The molecular weight excluding hydrogens is 338 g/mol. The quantitative estimate of drug-likeness (QED) is 0.413. The first-order chi connectivity index (χ1) is 12.0. The molecule has 0 aromatic rings. The molecule has 148 valence electrons. The predicted molar refractivity (Wildman–Crippen MR) is 100 cm³/mol. The highest BCUT2D eigenvalue weighted by atomic mass is 16.6. The smallest absolute Gasteiger partial charge is 0.407 e. The summed E-state index contributed by atoms with van der Waals surface area (Å²) in [6.07, 6.45) is 2.90. The van der Waals surface area contributed by atoms with E-state index in [9.17, 15) is 9.59 Å². The first kappa shape index (κ1) is 21.7. The second-order valence-electron chi connectivity index (χ2n) is 7.73. The number of ether oxygens (including phenoxy) is 1. The Labute approximate surface area is 155 Å². The van der Waals surface area contributed by atoms with Gasteiger partial charge in [-0.1, -0.05) is 12.1 Å². The Hall–Kier alpha value is -2.32. The van der Waals surface area contributed by atoms with Crippen LogP contribution in [0.2, 0.25) is 0 Å². The highest BCUT2D eigenvalue weighted by molar-refractivity contribution is 6.29. The predicted octanol–water partition coefficient (Wildman–Crippen LogP) is 1.13. The van der Waals surface area contributed by atoms with E-state index in [1.807, 2.05) is 25.7 Å². The number of nitrogens with one attached hydrogen (secondary N) is 1. The first-order valence-electron chi connectivity index (χ1n) is 8.67. The molecule has 1 saturated heterocycles. The molecule has 0 aliphatic carbocycles. The summed E-state index contributed by atoms with van der Waals surface area (Å²) in [5.41, 5.74) is 4.50. The van der Waals surface area contributed by atoms with Crippen molar-refractivity contribution >= 4 is 24.1 Å². The number of carbonyl (C=O) groups is 2. The number of piperidine rings is 1. The molecular formula is C17H31N5O4. The summed E-state index contributed by atoms with van der Waals surface area (Å²) in [7, 11) is 1.64. The molecule has 0 aromatic carbocycles. The van der Waals surface area contributed by atoms with Crippen molar-refractivity contribution in [1.82, 2.24) is 10.2 Å². The van der Waals surface area contributed by atoms with E-state index in [4.69, 9.17) is 15.3 Å². The van der Waals surface area contributed by atoms with Crippen molar-refractivity contribution in [2.45, 2.75) is 46.1 Å². The molecule has 0 saturated carbocycles. The van der Waals surface area contributed by atoms with Gasteiger partial charge in [-0.15, -0.1) is 0 Å². The average Bonchev–Trinajstić information content (AvgIpc) is 2.51. The summed E-state index contributed by atoms with van der Waals surface area (Å²) in [4.78, 5) is 33.5. The molecule has 0 aromatic heterocycles. The highest BCUT2D eigenvalue weighted by Gasteiger charge is 2.32. The maximum Gasteiger partial charge on any atom is 0.407 e. The summed E-state index contributed by atoms with van der Waals surface area (Å²) in [6, 6.07) is 0. The van der Waals surface area contributed by atoms with Crippen LogP contribution in [0.3, 0.4) is 0 Å². The molecule has 0 atom stereocenters. The largest absolute Gasteiger partial charge is 0.444 e. The number of primary amides is 1. The van der Waals surface area contributed by atoms with Gasteiger partial charge in [-0.3, -0.25) is 9.79 Å². The van der Waals surface area contributed by atoms with Gasteiger partial charge in [0.15, 0.2) is 12.4 Å². The summed E-state index contributed by atoms with van der Waals surface area (Å²) in [5.74, 6) is -0.0307. The minimum Gasteiger partial charge on any atom is -0.444 e. The number of likely N-dealkylation sites (tertiary alicyclic amines) is 1. The maximum absolute atomic E-state index is 11.8. The molecule has 1 aliphatic heterocycles. The minimum absolute atomic E-state index is 0.0318. The molecule has 26 heavy (non-hydrogen) atoms. The van der Waals surface area contributed by atoms with Crippen molar-refractivity contribution in [3.63, 3.8) is 0 Å². The third-order valence-electron chi connectivity index (χ3n) is 3.96. The number of alkyl carbamates (subject to hydrolysis) is 1. The lowest BCUT2D eigenvalue weighted by Crippen LogP contribution is -2.47. The molecule has 0 radical (unpaired) electrons. The minimum atomic E-state index is -0.582. The van der Waals surface area contributed by atoms with Gasteiger partial charge >= 0.3 is 6.09 Å². The van der Waals surface area contributed by atoms with Crippen LogP contribution in [0.25, 0.3) is 0 Å². The van der Waals surface area contributed by atoms with E-state index < -0.39 is 17.6 Å². The van der Waals surface area contributed by atoms with Crippen LogP contribution in [0.1, 0.15) is 40.5 Å². The van der Waals surface area contributed by atoms with Crippen LogP contribution in [-0.2, 0) is 14.4 Å². The molecule has 1 heterocycles. The van der Waals surface area contributed by atoms with Gasteiger partial charge in [0.2, 0.25) is 0 Å². The Morgan fingerprint density at radius 2 is 1.92 bits per heavy atom. The van der Waals surface area contributed by atoms with Gasteiger partial charge in [0, 0.05) is 26.7 Å². The van der Waals surface area contributed by atoms with Crippen LogP contribution in [0.15, 0.2) is 10.1 Å². The zero-order valence-corrected chi connectivity index (χ0v) is 16.4. The molecule has 1 rings (SSSR count). The van der Waals surface area contributed by atoms with Crippen molar-refractivity contribution in [1.29, 1.82) is 0 Å². The SMILES string of the molecule is C/N=C\C(=N/OCC(N)=O)N1CCC(C)(CNC(=O)OC(C)(C)C)CC1. The third kappa shape index (κ3) is 8.17. The van der Waals surface area contributed by atoms with Crippen LogP contribution in [0.5, 0.6) is 0 Å². The van der Waals surface area contributed by atoms with Gasteiger partial charge in [-0.2, -0.15) is 0 Å². The Morgan fingerprint density at radius 3 is 2.42 bits per heavy atom. The van der Waals surface area contributed by atoms with E-state index in [2.05, 4.69) is 22.4 Å². The molecule has 1 aliphatic rings. The second kappa shape index (κ2) is 9.40. The van der Waals surface area contributed by atoms with Crippen molar-refractivity contribution in [3.05, 3.63) is 0 Å². The normalized spacial score (nSPS) is 17.9. The fraction of sp³-hybridized carbons (Fsp3) is 0.765. The fourth-order valence-electron chi connectivity index (χ4n) is 2.49. The molecule has 0 unspecified atom stereocenters. The van der Waals surface area contributed by atoms with E-state index in [1.54, 1.807) is 13.3 Å². The van der Waals surface area contributed by atoms with E-state index in [1.165, 1.54) is 0 Å². The topological polar surface area (TPSA) is 119 Å². The van der Waals surface area contributed by atoms with E-state index >= 15 is 0 Å². The van der Waals surface area contributed by atoms with Crippen molar-refractivity contribution < 1.29 is 19.2 Å². The summed E-state index contributed by atoms with van der Waals surface area (Å²) in [6.45, 7) is 9.38. The summed E-state index contributed by atoms with van der Waals surface area (Å²) < 4.78 is 5.28. The Bertz CT molecular complexity index is 546. The number of hydrogen-bond acceptors (Lipinski definition) is 6. The fourth-order valence-corrected chi connectivity index (χ4v) is 2.49. The standard InChI is InChI=1S/C17H31N5O4/c1-16(2,3)26-15(24)20-12-17(4)6-8-22(9-7-17)14(10-19-5)21-25-11-13(18)23/h10H,6-9,11-12H2,1-5H3,(H2,18,23)(H,20,24)/b19-10-,21-14+. The Kier molecular flexibility index (Phi) is 7.85. The van der Waals surface area contributed by atoms with Crippen molar-refractivity contribution in [2.24, 2.45) is 21.3 Å². The van der Waals surface area contributed by atoms with Crippen LogP contribution >= 0.6 is 0 Å². The third-order valence-corrected chi connectivity index (χ3v) is 3.96. The zero-order valence-electron chi connectivity index (χ0n) is 16.4. The second-order valence-corrected chi connectivity index (χ2v) is 7.73. The van der Waals surface area contributed by atoms with E-state index in [0.717, 1.165) is 25.9 Å². The van der Waals surface area contributed by atoms with Crippen molar-refractivity contribution in [3.8, 4) is 0 Å². The molecule has 0 bridgehead atoms. The van der Waals surface area contributed by atoms with Gasteiger partial charge in [-0.05, 0) is 39.0 Å². The molecule has 9 heteroatoms. The number of amidine groups is 1. The Morgan fingerprint density at radius 1 is 1.31 bits per heavy atom. The monoisotopic (exact) mass is 369 g/mol. The van der Waals surface area contributed by atoms with Gasteiger partial charge in [0.1, 0.15) is 5.60 Å². The van der Waals surface area contributed by atoms with Crippen LogP contribution in [-0.4, -0.2) is 67.8 Å². The van der Waals surface area contributed by atoms with Crippen LogP contribution < -0.4 is 11.1 Å². The Balaban J connectivity index is 2.55. The van der Waals surface area contributed by atoms with Gasteiger partial charge in [0.25, 0.3) is 5.91 Å². The molecule has 3 N–H and O–H groups in total. The number of aliphatic imine (C=N–C) groups is 1. The van der Waals surface area contributed by atoms with Crippen molar-refractivity contribution in [2.75, 3.05) is 33.3 Å². The number of oxime groups is 1. The summed E-state index contributed by atoms with van der Waals surface area (Å²) in [5, 5.41) is 6.80. The number of nitrogens with zero attached hydrogens (tertiary/aromatic N) is 3.